The van der Waals surface area contributed by atoms with Crippen LogP contribution in [0.25, 0.3) is 0 Å². The number of likely N-dealkylation sites (N-methyl/N-ethyl adjacent to an activating group) is 1. The maximum Gasteiger partial charge on any atom is 0.317 e. The first-order valence-corrected chi connectivity index (χ1v) is 9.99. The highest BCUT2D eigenvalue weighted by Gasteiger charge is 2.26. The first-order valence-electron chi connectivity index (χ1n) is 9.99. The van der Waals surface area contributed by atoms with Gasteiger partial charge in [0.15, 0.2) is 0 Å². The predicted octanol–water partition coefficient (Wildman–Crippen LogP) is 3.00. The molecular weight excluding hydrogens is 340 g/mol. The lowest BCUT2D eigenvalue weighted by Gasteiger charge is -2.34. The largest absolute Gasteiger partial charge is 0.343 e. The molecule has 2 heterocycles. The summed E-state index contributed by atoms with van der Waals surface area (Å²) in [6, 6.07) is 4.11. The molecule has 6 heteroatoms. The Morgan fingerprint density at radius 2 is 1.96 bits per heavy atom. The van der Waals surface area contributed by atoms with Crippen LogP contribution in [-0.2, 0) is 11.2 Å². The molecule has 1 atom stereocenters. The van der Waals surface area contributed by atoms with Gasteiger partial charge in [-0.1, -0.05) is 19.9 Å². The number of urea groups is 1. The molecule has 1 saturated heterocycles. The third-order valence-electron chi connectivity index (χ3n) is 5.35. The fourth-order valence-corrected chi connectivity index (χ4v) is 3.38. The van der Waals surface area contributed by atoms with E-state index in [1.807, 2.05) is 37.9 Å². The van der Waals surface area contributed by atoms with E-state index in [0.29, 0.717) is 12.3 Å². The number of amides is 3. The van der Waals surface area contributed by atoms with Crippen LogP contribution in [-0.4, -0.2) is 58.9 Å². The van der Waals surface area contributed by atoms with Crippen LogP contribution in [0.15, 0.2) is 18.3 Å². The van der Waals surface area contributed by atoms with Crippen molar-refractivity contribution in [3.63, 3.8) is 0 Å². The number of piperidine rings is 1. The van der Waals surface area contributed by atoms with Gasteiger partial charge in [-0.05, 0) is 44.2 Å². The van der Waals surface area contributed by atoms with Crippen LogP contribution in [0.3, 0.4) is 0 Å². The molecule has 0 spiro atoms. The van der Waals surface area contributed by atoms with Crippen molar-refractivity contribution in [3.05, 3.63) is 29.6 Å². The molecular formula is C21H34N4O2. The Morgan fingerprint density at radius 3 is 2.56 bits per heavy atom. The molecule has 6 nitrogen and oxygen atoms in total. The summed E-state index contributed by atoms with van der Waals surface area (Å²) in [4.78, 5) is 32.9. The number of nitrogens with one attached hydrogen (secondary N) is 1. The Balaban J connectivity index is 1.79. The zero-order chi connectivity index (χ0) is 20.0. The number of hydrogen-bond acceptors (Lipinski definition) is 3. The van der Waals surface area contributed by atoms with E-state index in [1.165, 1.54) is 0 Å². The van der Waals surface area contributed by atoms with E-state index in [0.717, 1.165) is 43.6 Å². The zero-order valence-corrected chi connectivity index (χ0v) is 17.4. The van der Waals surface area contributed by atoms with Gasteiger partial charge in [-0.2, -0.15) is 0 Å². The maximum atomic E-state index is 12.6. The van der Waals surface area contributed by atoms with Crippen LogP contribution < -0.4 is 5.32 Å². The minimum Gasteiger partial charge on any atom is -0.343 e. The van der Waals surface area contributed by atoms with E-state index < -0.39 is 0 Å². The van der Waals surface area contributed by atoms with Gasteiger partial charge in [-0.15, -0.1) is 0 Å². The number of rotatable bonds is 6. The lowest BCUT2D eigenvalue weighted by molar-refractivity contribution is -0.133. The van der Waals surface area contributed by atoms with Crippen molar-refractivity contribution >= 4 is 11.9 Å². The van der Waals surface area contributed by atoms with E-state index >= 15 is 0 Å². The number of carbonyl (C=O) groups excluding carboxylic acids is 2. The molecule has 0 bridgehead atoms. The van der Waals surface area contributed by atoms with Crippen LogP contribution in [0.5, 0.6) is 0 Å². The summed E-state index contributed by atoms with van der Waals surface area (Å²) in [5.41, 5.74) is 2.18. The van der Waals surface area contributed by atoms with Crippen LogP contribution in [0, 0.1) is 12.8 Å². The van der Waals surface area contributed by atoms with Crippen molar-refractivity contribution in [1.82, 2.24) is 20.1 Å². The van der Waals surface area contributed by atoms with Gasteiger partial charge in [0.1, 0.15) is 0 Å². The molecule has 1 aliphatic rings. The highest BCUT2D eigenvalue weighted by atomic mass is 16.2. The van der Waals surface area contributed by atoms with Crippen molar-refractivity contribution in [2.24, 2.45) is 5.92 Å². The van der Waals surface area contributed by atoms with E-state index in [1.54, 1.807) is 11.1 Å². The zero-order valence-electron chi connectivity index (χ0n) is 17.4. The van der Waals surface area contributed by atoms with Crippen molar-refractivity contribution in [3.8, 4) is 0 Å². The average molecular weight is 375 g/mol. The molecule has 1 aliphatic heterocycles. The lowest BCUT2D eigenvalue weighted by Crippen LogP contribution is -2.51. The summed E-state index contributed by atoms with van der Waals surface area (Å²) in [5.74, 6) is 0.610. The molecule has 3 amide bonds. The van der Waals surface area contributed by atoms with E-state index in [9.17, 15) is 9.59 Å². The van der Waals surface area contributed by atoms with Crippen molar-refractivity contribution in [2.45, 2.75) is 65.5 Å². The van der Waals surface area contributed by atoms with Gasteiger partial charge in [0, 0.05) is 57.0 Å². The quantitative estimate of drug-likeness (QED) is 0.832. The Morgan fingerprint density at radius 1 is 1.30 bits per heavy atom. The van der Waals surface area contributed by atoms with Gasteiger partial charge >= 0.3 is 6.03 Å². The summed E-state index contributed by atoms with van der Waals surface area (Å²) in [5, 5.41) is 3.13. The summed E-state index contributed by atoms with van der Waals surface area (Å²) < 4.78 is 0. The molecule has 0 aliphatic carbocycles. The van der Waals surface area contributed by atoms with E-state index in [2.05, 4.69) is 24.1 Å². The maximum absolute atomic E-state index is 12.6. The molecule has 1 aromatic heterocycles. The van der Waals surface area contributed by atoms with Gasteiger partial charge in [-0.3, -0.25) is 9.78 Å². The number of carbonyl (C=O) groups is 2. The minimum absolute atomic E-state index is 0.0527. The Labute approximate surface area is 163 Å². The smallest absolute Gasteiger partial charge is 0.317 e. The molecule has 0 saturated carbocycles. The van der Waals surface area contributed by atoms with Crippen molar-refractivity contribution in [1.29, 1.82) is 0 Å². The van der Waals surface area contributed by atoms with Crippen molar-refractivity contribution in [2.75, 3.05) is 20.1 Å². The van der Waals surface area contributed by atoms with Gasteiger partial charge in [0.05, 0.1) is 0 Å². The molecule has 1 unspecified atom stereocenters. The summed E-state index contributed by atoms with van der Waals surface area (Å²) >= 11 is 0. The van der Waals surface area contributed by atoms with E-state index in [-0.39, 0.29) is 24.0 Å². The van der Waals surface area contributed by atoms with Crippen LogP contribution in [0.1, 0.15) is 51.3 Å². The first kappa shape index (κ1) is 21.2. The van der Waals surface area contributed by atoms with Gasteiger partial charge in [-0.25, -0.2) is 4.79 Å². The molecule has 1 N–H and O–H groups in total. The Hall–Kier alpha value is -2.11. The second kappa shape index (κ2) is 9.72. The second-order valence-corrected chi connectivity index (χ2v) is 8.13. The average Bonchev–Trinajstić information content (AvgIpc) is 2.62. The SMILES string of the molecule is Cc1cccnc1CC(C)N(C)C(=O)NC1CCN(C(=O)CC(C)C)CC1. The van der Waals surface area contributed by atoms with Crippen LogP contribution >= 0.6 is 0 Å². The van der Waals surface area contributed by atoms with Crippen LogP contribution in [0.4, 0.5) is 4.79 Å². The highest BCUT2D eigenvalue weighted by molar-refractivity contribution is 5.77. The number of nitrogens with zero attached hydrogens (tertiary/aromatic N) is 3. The Bertz CT molecular complexity index is 639. The fraction of sp³-hybridized carbons (Fsp3) is 0.667. The summed E-state index contributed by atoms with van der Waals surface area (Å²) in [6.07, 6.45) is 4.76. The first-order chi connectivity index (χ1) is 12.8. The van der Waals surface area contributed by atoms with Gasteiger partial charge in [0.2, 0.25) is 5.91 Å². The molecule has 2 rings (SSSR count). The normalized spacial score (nSPS) is 16.3. The van der Waals surface area contributed by atoms with Crippen LogP contribution in [0.2, 0.25) is 0 Å². The number of hydrogen-bond donors (Lipinski definition) is 1. The Kier molecular flexibility index (Phi) is 7.63. The van der Waals surface area contributed by atoms with Gasteiger partial charge < -0.3 is 15.1 Å². The third kappa shape index (κ3) is 6.22. The summed E-state index contributed by atoms with van der Waals surface area (Å²) in [7, 11) is 1.83. The fourth-order valence-electron chi connectivity index (χ4n) is 3.38. The molecule has 0 radical (unpaired) electrons. The lowest BCUT2D eigenvalue weighted by atomic mass is 10.0. The topological polar surface area (TPSA) is 65.5 Å². The summed E-state index contributed by atoms with van der Waals surface area (Å²) in [6.45, 7) is 9.67. The molecule has 1 aromatic rings. The molecule has 150 valence electrons. The monoisotopic (exact) mass is 374 g/mol. The highest BCUT2D eigenvalue weighted by Crippen LogP contribution is 2.15. The number of aryl methyl sites for hydroxylation is 1. The van der Waals surface area contributed by atoms with E-state index in [4.69, 9.17) is 0 Å². The second-order valence-electron chi connectivity index (χ2n) is 8.13. The number of likely N-dealkylation sites (tertiary alicyclic amines) is 1. The molecule has 1 fully saturated rings. The minimum atomic E-state index is -0.0527. The predicted molar refractivity (Wildman–Crippen MR) is 107 cm³/mol. The third-order valence-corrected chi connectivity index (χ3v) is 5.35. The number of aromatic nitrogens is 1. The number of pyridine rings is 1. The molecule has 27 heavy (non-hydrogen) atoms. The standard InChI is InChI=1S/C21H34N4O2/c1-15(2)13-20(26)25-11-8-18(9-12-25)23-21(27)24(5)17(4)14-19-16(3)7-6-10-22-19/h6-7,10,15,17-18H,8-9,11-14H2,1-5H3,(H,23,27). The van der Waals surface area contributed by atoms with Gasteiger partial charge in [0.25, 0.3) is 0 Å². The molecule has 0 aromatic carbocycles. The van der Waals surface area contributed by atoms with Crippen molar-refractivity contribution < 1.29 is 9.59 Å².